The quantitative estimate of drug-likeness (QED) is 0.278. The number of rotatable bonds is 5. The zero-order valence-electron chi connectivity index (χ0n) is 14.7. The molecule has 0 aliphatic carbocycles. The van der Waals surface area contributed by atoms with Gasteiger partial charge in [0.05, 0.1) is 11.5 Å². The molecule has 3 unspecified atom stereocenters. The third-order valence-corrected chi connectivity index (χ3v) is 7.22. The molecule has 3 atom stereocenters. The SMILES string of the molecule is C=CCNC(=NCC1CCS(=O)(=O)C1)N1CCC(C2CCOC2)C1.I. The summed E-state index contributed by atoms with van der Waals surface area (Å²) in [4.78, 5) is 7.06. The number of aliphatic imine (C=N–C) groups is 1. The highest BCUT2D eigenvalue weighted by Crippen LogP contribution is 2.30. The molecule has 8 heteroatoms. The molecule has 0 radical (unpaired) electrons. The number of likely N-dealkylation sites (tertiary alicyclic amines) is 1. The van der Waals surface area contributed by atoms with E-state index in [4.69, 9.17) is 9.73 Å². The van der Waals surface area contributed by atoms with E-state index in [1.807, 2.05) is 6.08 Å². The fourth-order valence-electron chi connectivity index (χ4n) is 3.95. The first-order chi connectivity index (χ1) is 11.6. The molecule has 3 fully saturated rings. The summed E-state index contributed by atoms with van der Waals surface area (Å²) in [6, 6.07) is 0. The lowest BCUT2D eigenvalue weighted by molar-refractivity contribution is 0.173. The lowest BCUT2D eigenvalue weighted by atomic mass is 9.91. The molecule has 3 aliphatic rings. The van der Waals surface area contributed by atoms with Gasteiger partial charge in [-0.25, -0.2) is 8.42 Å². The third-order valence-electron chi connectivity index (χ3n) is 5.39. The standard InChI is InChI=1S/C17H29N3O3S.HI/c1-2-6-18-17(19-10-14-5-9-24(21,22)13-14)20-7-3-15(11-20)16-4-8-23-12-16;/h2,14-16H,1,3-13H2,(H,18,19);1H. The normalized spacial score (nSPS) is 31.8. The van der Waals surface area contributed by atoms with Gasteiger partial charge in [0.15, 0.2) is 15.8 Å². The Kier molecular flexibility index (Phi) is 8.00. The van der Waals surface area contributed by atoms with Crippen LogP contribution in [0, 0.1) is 17.8 Å². The molecule has 144 valence electrons. The first-order valence-corrected chi connectivity index (χ1v) is 10.8. The molecule has 25 heavy (non-hydrogen) atoms. The van der Waals surface area contributed by atoms with Crippen molar-refractivity contribution in [2.75, 3.05) is 50.9 Å². The second kappa shape index (κ2) is 9.55. The molecule has 0 aromatic rings. The van der Waals surface area contributed by atoms with Crippen LogP contribution in [0.25, 0.3) is 0 Å². The van der Waals surface area contributed by atoms with Crippen molar-refractivity contribution in [2.45, 2.75) is 19.3 Å². The van der Waals surface area contributed by atoms with Gasteiger partial charge in [0.2, 0.25) is 0 Å². The van der Waals surface area contributed by atoms with Crippen LogP contribution in [0.1, 0.15) is 19.3 Å². The van der Waals surface area contributed by atoms with Gasteiger partial charge in [-0.2, -0.15) is 0 Å². The van der Waals surface area contributed by atoms with Gasteiger partial charge in [-0.1, -0.05) is 6.08 Å². The van der Waals surface area contributed by atoms with Crippen LogP contribution in [0.3, 0.4) is 0 Å². The van der Waals surface area contributed by atoms with Crippen molar-refractivity contribution in [3.05, 3.63) is 12.7 Å². The minimum absolute atomic E-state index is 0. The van der Waals surface area contributed by atoms with Gasteiger partial charge in [-0.05, 0) is 37.0 Å². The Labute approximate surface area is 168 Å². The maximum absolute atomic E-state index is 11.6. The van der Waals surface area contributed by atoms with Crippen LogP contribution in [0.15, 0.2) is 17.6 Å². The van der Waals surface area contributed by atoms with E-state index in [0.717, 1.165) is 38.7 Å². The lowest BCUT2D eigenvalue weighted by Crippen LogP contribution is -2.41. The highest BCUT2D eigenvalue weighted by atomic mass is 127. The zero-order valence-corrected chi connectivity index (χ0v) is 17.9. The Hall–Kier alpha value is -0.350. The summed E-state index contributed by atoms with van der Waals surface area (Å²) in [6.45, 7) is 8.84. The molecule has 0 bridgehead atoms. The fourth-order valence-corrected chi connectivity index (χ4v) is 5.80. The molecule has 0 spiro atoms. The Bertz CT molecular complexity index is 576. The summed E-state index contributed by atoms with van der Waals surface area (Å²) in [5, 5.41) is 3.34. The maximum Gasteiger partial charge on any atom is 0.194 e. The van der Waals surface area contributed by atoms with Gasteiger partial charge in [-0.15, -0.1) is 30.6 Å². The number of nitrogens with zero attached hydrogens (tertiary/aromatic N) is 2. The van der Waals surface area contributed by atoms with Gasteiger partial charge >= 0.3 is 0 Å². The molecule has 0 aromatic carbocycles. The van der Waals surface area contributed by atoms with Crippen LogP contribution in [-0.2, 0) is 14.6 Å². The van der Waals surface area contributed by atoms with Crippen molar-refractivity contribution >= 4 is 39.8 Å². The molecule has 3 rings (SSSR count). The molecular formula is C17H30IN3O3S. The van der Waals surface area contributed by atoms with Crippen LogP contribution >= 0.6 is 24.0 Å². The van der Waals surface area contributed by atoms with Crippen molar-refractivity contribution in [1.82, 2.24) is 10.2 Å². The minimum Gasteiger partial charge on any atom is -0.381 e. The van der Waals surface area contributed by atoms with E-state index in [9.17, 15) is 8.42 Å². The molecule has 3 heterocycles. The van der Waals surface area contributed by atoms with Crippen LogP contribution in [-0.4, -0.2) is 70.2 Å². The highest BCUT2D eigenvalue weighted by Gasteiger charge is 2.33. The minimum atomic E-state index is -2.83. The van der Waals surface area contributed by atoms with E-state index >= 15 is 0 Å². The van der Waals surface area contributed by atoms with E-state index in [0.29, 0.717) is 30.7 Å². The number of ether oxygens (including phenoxy) is 1. The predicted octanol–water partition coefficient (Wildman–Crippen LogP) is 1.53. The maximum atomic E-state index is 11.6. The predicted molar refractivity (Wildman–Crippen MR) is 111 cm³/mol. The van der Waals surface area contributed by atoms with E-state index in [2.05, 4.69) is 16.8 Å². The molecule has 3 saturated heterocycles. The summed E-state index contributed by atoms with van der Waals surface area (Å²) < 4.78 is 28.7. The van der Waals surface area contributed by atoms with E-state index < -0.39 is 9.84 Å². The average molecular weight is 483 g/mol. The Balaban J connectivity index is 0.00000225. The van der Waals surface area contributed by atoms with E-state index in [1.165, 1.54) is 12.8 Å². The molecule has 0 aromatic heterocycles. The third kappa shape index (κ3) is 5.82. The molecule has 6 nitrogen and oxygen atoms in total. The monoisotopic (exact) mass is 483 g/mol. The van der Waals surface area contributed by atoms with Crippen molar-refractivity contribution in [3.8, 4) is 0 Å². The smallest absolute Gasteiger partial charge is 0.194 e. The van der Waals surface area contributed by atoms with Crippen LogP contribution in [0.4, 0.5) is 0 Å². The average Bonchev–Trinajstić information content (AvgIpc) is 3.27. The number of guanidine groups is 1. The summed E-state index contributed by atoms with van der Waals surface area (Å²) in [5.41, 5.74) is 0. The number of halogens is 1. The van der Waals surface area contributed by atoms with Crippen molar-refractivity contribution < 1.29 is 13.2 Å². The molecule has 1 N–H and O–H groups in total. The molecule has 0 saturated carbocycles. The second-order valence-corrected chi connectivity index (χ2v) is 9.45. The van der Waals surface area contributed by atoms with Gasteiger partial charge in [-0.3, -0.25) is 4.99 Å². The largest absolute Gasteiger partial charge is 0.381 e. The van der Waals surface area contributed by atoms with Crippen molar-refractivity contribution in [2.24, 2.45) is 22.7 Å². The molecule has 3 aliphatic heterocycles. The van der Waals surface area contributed by atoms with Gasteiger partial charge in [0.25, 0.3) is 0 Å². The first-order valence-electron chi connectivity index (χ1n) is 9.00. The van der Waals surface area contributed by atoms with Crippen molar-refractivity contribution in [1.29, 1.82) is 0 Å². The topological polar surface area (TPSA) is 71.0 Å². The summed E-state index contributed by atoms with van der Waals surface area (Å²) in [7, 11) is -2.83. The van der Waals surface area contributed by atoms with Crippen LogP contribution in [0.2, 0.25) is 0 Å². The van der Waals surface area contributed by atoms with Gasteiger partial charge in [0.1, 0.15) is 0 Å². The van der Waals surface area contributed by atoms with Gasteiger partial charge in [0, 0.05) is 39.4 Å². The molecule has 0 amide bonds. The summed E-state index contributed by atoms with van der Waals surface area (Å²) in [5.74, 6) is 3.02. The fraction of sp³-hybridized carbons (Fsp3) is 0.824. The van der Waals surface area contributed by atoms with Gasteiger partial charge < -0.3 is 15.0 Å². The first kappa shape index (κ1) is 21.0. The lowest BCUT2D eigenvalue weighted by Gasteiger charge is -2.23. The molecular weight excluding hydrogens is 453 g/mol. The summed E-state index contributed by atoms with van der Waals surface area (Å²) in [6.07, 6.45) is 4.92. The van der Waals surface area contributed by atoms with Crippen LogP contribution < -0.4 is 5.32 Å². The van der Waals surface area contributed by atoms with E-state index in [-0.39, 0.29) is 35.6 Å². The Morgan fingerprint density at radius 2 is 2.16 bits per heavy atom. The number of hydrogen-bond donors (Lipinski definition) is 1. The van der Waals surface area contributed by atoms with Crippen molar-refractivity contribution in [3.63, 3.8) is 0 Å². The number of nitrogens with one attached hydrogen (secondary N) is 1. The van der Waals surface area contributed by atoms with E-state index in [1.54, 1.807) is 0 Å². The number of sulfone groups is 1. The van der Waals surface area contributed by atoms with Crippen LogP contribution in [0.5, 0.6) is 0 Å². The Morgan fingerprint density at radius 1 is 1.32 bits per heavy atom. The second-order valence-electron chi connectivity index (χ2n) is 7.22. The summed E-state index contributed by atoms with van der Waals surface area (Å²) >= 11 is 0. The Morgan fingerprint density at radius 3 is 2.80 bits per heavy atom. The highest BCUT2D eigenvalue weighted by molar-refractivity contribution is 14.0. The number of hydrogen-bond acceptors (Lipinski definition) is 4. The zero-order chi connectivity index (χ0) is 17.0.